The molecule has 4 atom stereocenters. The maximum atomic E-state index is 9.80. The van der Waals surface area contributed by atoms with Gasteiger partial charge in [0.05, 0.1) is 48.7 Å². The molecule has 45 heavy (non-hydrogen) atoms. The molecule has 4 aromatic rings. The summed E-state index contributed by atoms with van der Waals surface area (Å²) in [5.74, 6) is 3.97. The Morgan fingerprint density at radius 2 is 1.78 bits per heavy atom. The van der Waals surface area contributed by atoms with Gasteiger partial charge < -0.3 is 14.4 Å². The molecule has 11 heteroatoms. The minimum Gasteiger partial charge on any atom is -0.491 e. The summed E-state index contributed by atoms with van der Waals surface area (Å²) in [6.45, 7) is 6.66. The molecule has 0 aromatic carbocycles. The average molecular weight is 606 g/mol. The number of pyridine rings is 2. The van der Waals surface area contributed by atoms with E-state index in [9.17, 15) is 5.26 Å². The highest BCUT2D eigenvalue weighted by molar-refractivity contribution is 5.83. The Morgan fingerprint density at radius 3 is 2.47 bits per heavy atom. The lowest BCUT2D eigenvalue weighted by atomic mass is 9.82. The average Bonchev–Trinajstić information content (AvgIpc) is 3.71. The van der Waals surface area contributed by atoms with Gasteiger partial charge in [-0.05, 0) is 42.7 Å². The summed E-state index contributed by atoms with van der Waals surface area (Å²) >= 11 is 0. The fourth-order valence-corrected chi connectivity index (χ4v) is 8.02. The Balaban J connectivity index is 0.944. The van der Waals surface area contributed by atoms with Gasteiger partial charge in [0.2, 0.25) is 5.88 Å². The summed E-state index contributed by atoms with van der Waals surface area (Å²) in [6, 6.07) is 9.24. The number of aromatic nitrogens is 5. The molecule has 5 aliphatic rings. The number of methoxy groups -OCH3 is 1. The van der Waals surface area contributed by atoms with Crippen LogP contribution in [-0.4, -0.2) is 92.9 Å². The molecule has 1 saturated carbocycles. The second kappa shape index (κ2) is 11.9. The zero-order valence-corrected chi connectivity index (χ0v) is 25.8. The second-order valence-electron chi connectivity index (χ2n) is 13.1. The van der Waals surface area contributed by atoms with Crippen LogP contribution in [0.15, 0.2) is 49.2 Å². The maximum Gasteiger partial charge on any atom is 0.212 e. The van der Waals surface area contributed by atoms with Gasteiger partial charge >= 0.3 is 0 Å². The molecule has 1 aliphatic carbocycles. The standard InChI is InChI=1S/C34H39N9O2/c1-44-33-7-6-23(13-38-33)17-42-27-10-28(42)21-41(20-27)32-16-36-31(15-37-32)30-11-29(22-43-34(30)26(12-35)14-39-43)45-9-8-40-18-24-4-2-3-5-25(24)19-40/h6-7,11,13-16,22,24-25,27-28H,2-5,8-10,17-21H2,1H3. The van der Waals surface area contributed by atoms with Crippen molar-refractivity contribution in [2.75, 3.05) is 51.3 Å². The fourth-order valence-electron chi connectivity index (χ4n) is 8.02. The predicted molar refractivity (Wildman–Crippen MR) is 169 cm³/mol. The van der Waals surface area contributed by atoms with Gasteiger partial charge in [0.15, 0.2) is 0 Å². The van der Waals surface area contributed by atoms with Crippen molar-refractivity contribution in [1.29, 1.82) is 5.26 Å². The third-order valence-corrected chi connectivity index (χ3v) is 10.4. The zero-order valence-electron chi connectivity index (χ0n) is 25.8. The molecule has 0 spiro atoms. The van der Waals surface area contributed by atoms with Crippen LogP contribution in [0.4, 0.5) is 5.82 Å². The van der Waals surface area contributed by atoms with E-state index in [1.807, 2.05) is 36.9 Å². The van der Waals surface area contributed by atoms with E-state index in [4.69, 9.17) is 19.4 Å². The van der Waals surface area contributed by atoms with Gasteiger partial charge in [-0.15, -0.1) is 0 Å². The van der Waals surface area contributed by atoms with Gasteiger partial charge in [-0.1, -0.05) is 18.9 Å². The highest BCUT2D eigenvalue weighted by Crippen LogP contribution is 2.37. The lowest BCUT2D eigenvalue weighted by molar-refractivity contribution is -0.00879. The molecule has 4 unspecified atom stereocenters. The number of likely N-dealkylation sites (tertiary alicyclic amines) is 1. The van der Waals surface area contributed by atoms with Crippen LogP contribution in [0.3, 0.4) is 0 Å². The minimum atomic E-state index is 0.482. The van der Waals surface area contributed by atoms with Gasteiger partial charge in [0.25, 0.3) is 0 Å². The van der Waals surface area contributed by atoms with E-state index < -0.39 is 0 Å². The van der Waals surface area contributed by atoms with Crippen molar-refractivity contribution in [3.8, 4) is 29.0 Å². The van der Waals surface area contributed by atoms with Gasteiger partial charge in [-0.2, -0.15) is 10.4 Å². The molecule has 11 nitrogen and oxygen atoms in total. The third-order valence-electron chi connectivity index (χ3n) is 10.4. The normalized spacial score (nSPS) is 24.7. The number of ether oxygens (including phenoxy) is 2. The molecule has 8 heterocycles. The van der Waals surface area contributed by atoms with E-state index in [0.717, 1.165) is 60.7 Å². The fraction of sp³-hybridized carbons (Fsp3) is 0.500. The highest BCUT2D eigenvalue weighted by atomic mass is 16.5. The number of piperidine rings is 1. The molecule has 4 aliphatic heterocycles. The van der Waals surface area contributed by atoms with Gasteiger partial charge in [0.1, 0.15) is 24.2 Å². The summed E-state index contributed by atoms with van der Waals surface area (Å²) in [5, 5.41) is 14.3. The lowest BCUT2D eigenvalue weighted by Gasteiger charge is -2.56. The zero-order chi connectivity index (χ0) is 30.3. The van der Waals surface area contributed by atoms with Crippen molar-refractivity contribution in [2.45, 2.75) is 50.7 Å². The molecule has 4 saturated heterocycles. The van der Waals surface area contributed by atoms with Gasteiger partial charge in [-0.3, -0.25) is 14.8 Å². The van der Waals surface area contributed by atoms with Crippen LogP contribution in [0.2, 0.25) is 0 Å². The molecule has 232 valence electrons. The van der Waals surface area contributed by atoms with E-state index >= 15 is 0 Å². The minimum absolute atomic E-state index is 0.482. The van der Waals surface area contributed by atoms with Crippen LogP contribution in [0.5, 0.6) is 11.6 Å². The van der Waals surface area contributed by atoms with E-state index in [1.54, 1.807) is 17.8 Å². The van der Waals surface area contributed by atoms with Crippen LogP contribution >= 0.6 is 0 Å². The van der Waals surface area contributed by atoms with Crippen LogP contribution in [-0.2, 0) is 6.54 Å². The Labute approximate surface area is 263 Å². The first-order chi connectivity index (χ1) is 22.1. The molecular formula is C34H39N9O2. The van der Waals surface area contributed by atoms with Gasteiger partial charge in [-0.25, -0.2) is 14.5 Å². The van der Waals surface area contributed by atoms with Crippen LogP contribution in [0, 0.1) is 23.2 Å². The van der Waals surface area contributed by atoms with Crippen LogP contribution in [0.25, 0.3) is 16.8 Å². The topological polar surface area (TPSA) is 108 Å². The molecule has 0 amide bonds. The number of nitriles is 1. The number of rotatable bonds is 9. The van der Waals surface area contributed by atoms with Crippen molar-refractivity contribution in [2.24, 2.45) is 11.8 Å². The number of hydrogen-bond acceptors (Lipinski definition) is 10. The van der Waals surface area contributed by atoms with Crippen molar-refractivity contribution in [3.63, 3.8) is 0 Å². The van der Waals surface area contributed by atoms with Crippen molar-refractivity contribution >= 4 is 11.3 Å². The predicted octanol–water partition coefficient (Wildman–Crippen LogP) is 4.03. The summed E-state index contributed by atoms with van der Waals surface area (Å²) in [5.41, 5.74) is 3.92. The largest absolute Gasteiger partial charge is 0.491 e. The summed E-state index contributed by atoms with van der Waals surface area (Å²) in [6.07, 6.45) is 15.8. The lowest BCUT2D eigenvalue weighted by Crippen LogP contribution is -2.68. The van der Waals surface area contributed by atoms with Crippen molar-refractivity contribution < 1.29 is 9.47 Å². The third kappa shape index (κ3) is 5.47. The smallest absolute Gasteiger partial charge is 0.212 e. The van der Waals surface area contributed by atoms with Crippen LogP contribution in [0.1, 0.15) is 43.2 Å². The maximum absolute atomic E-state index is 9.80. The number of hydrogen-bond donors (Lipinski definition) is 0. The first-order valence-electron chi connectivity index (χ1n) is 16.2. The number of nitrogens with zero attached hydrogens (tertiary/aromatic N) is 9. The molecule has 0 N–H and O–H groups in total. The number of fused-ring (bicyclic) bond motifs is 4. The van der Waals surface area contributed by atoms with E-state index in [0.29, 0.717) is 35.8 Å². The second-order valence-corrected chi connectivity index (χ2v) is 13.1. The van der Waals surface area contributed by atoms with E-state index in [-0.39, 0.29) is 0 Å². The Kier molecular flexibility index (Phi) is 7.47. The number of anilines is 1. The first kappa shape index (κ1) is 28.2. The molecule has 5 fully saturated rings. The Bertz CT molecular complexity index is 1670. The Hall–Kier alpha value is -4.27. The summed E-state index contributed by atoms with van der Waals surface area (Å²) in [4.78, 5) is 21.5. The monoisotopic (exact) mass is 605 g/mol. The quantitative estimate of drug-likeness (QED) is 0.278. The molecule has 0 radical (unpaired) electrons. The highest BCUT2D eigenvalue weighted by Gasteiger charge is 2.44. The summed E-state index contributed by atoms with van der Waals surface area (Å²) in [7, 11) is 1.64. The van der Waals surface area contributed by atoms with E-state index in [2.05, 4.69) is 36.9 Å². The Morgan fingerprint density at radius 1 is 0.956 bits per heavy atom. The van der Waals surface area contributed by atoms with E-state index in [1.165, 1.54) is 50.8 Å². The van der Waals surface area contributed by atoms with Crippen molar-refractivity contribution in [3.05, 3.63) is 60.3 Å². The molecular weight excluding hydrogens is 566 g/mol. The first-order valence-corrected chi connectivity index (χ1v) is 16.2. The van der Waals surface area contributed by atoms with Gasteiger partial charge in [0, 0.05) is 69.2 Å². The summed E-state index contributed by atoms with van der Waals surface area (Å²) < 4.78 is 13.2. The molecule has 2 bridgehead atoms. The SMILES string of the molecule is COc1ccc(CN2C3CC2CN(c2cnc(-c4cc(OCCN5CC6CCCCC6C5)cn5ncc(C#N)c45)cn2)C3)cn1. The van der Waals surface area contributed by atoms with Crippen molar-refractivity contribution in [1.82, 2.24) is 34.4 Å². The molecule has 4 aromatic heterocycles. The molecule has 9 rings (SSSR count). The van der Waals surface area contributed by atoms with Crippen LogP contribution < -0.4 is 14.4 Å². The number of piperazine rings is 1.